The molecule has 0 aliphatic heterocycles. The molecule has 2 rings (SSSR count). The number of methoxy groups -OCH3 is 1. The third-order valence-corrected chi connectivity index (χ3v) is 3.01. The Morgan fingerprint density at radius 2 is 2.24 bits per heavy atom. The van der Waals surface area contributed by atoms with E-state index in [1.54, 1.807) is 12.1 Å². The Morgan fingerprint density at radius 3 is 2.86 bits per heavy atom. The molecule has 0 aliphatic rings. The van der Waals surface area contributed by atoms with Crippen molar-refractivity contribution in [1.82, 2.24) is 15.1 Å². The van der Waals surface area contributed by atoms with Gasteiger partial charge in [-0.15, -0.1) is 0 Å². The van der Waals surface area contributed by atoms with Crippen molar-refractivity contribution in [1.29, 1.82) is 0 Å². The van der Waals surface area contributed by atoms with E-state index in [0.29, 0.717) is 12.3 Å². The van der Waals surface area contributed by atoms with Crippen LogP contribution in [-0.4, -0.2) is 28.4 Å². The first-order chi connectivity index (χ1) is 10.1. The fourth-order valence-corrected chi connectivity index (χ4v) is 1.98. The maximum atomic E-state index is 10.9. The van der Waals surface area contributed by atoms with Crippen LogP contribution in [0, 0.1) is 17.0 Å². The first-order valence-electron chi connectivity index (χ1n) is 6.60. The van der Waals surface area contributed by atoms with Gasteiger partial charge in [-0.05, 0) is 24.1 Å². The number of benzene rings is 1. The molecular formula is C14H18N4O3. The summed E-state index contributed by atoms with van der Waals surface area (Å²) >= 11 is 0. The molecule has 0 spiro atoms. The standard InChI is InChI=1S/C14H18N4O3/c1-11-8-16-17(10-11)4-3-15-9-12-5-13(18(19)20)7-14(6-12)21-2/h5-8,10,15H,3-4,9H2,1-2H3. The van der Waals surface area contributed by atoms with Crippen LogP contribution in [-0.2, 0) is 13.1 Å². The fourth-order valence-electron chi connectivity index (χ4n) is 1.98. The van der Waals surface area contributed by atoms with Crippen LogP contribution in [0.4, 0.5) is 5.69 Å². The highest BCUT2D eigenvalue weighted by atomic mass is 16.6. The first-order valence-corrected chi connectivity index (χ1v) is 6.60. The van der Waals surface area contributed by atoms with Crippen LogP contribution in [0.25, 0.3) is 0 Å². The molecule has 0 saturated carbocycles. The van der Waals surface area contributed by atoms with E-state index in [-0.39, 0.29) is 5.69 Å². The number of nitro groups is 1. The van der Waals surface area contributed by atoms with Gasteiger partial charge in [-0.2, -0.15) is 5.10 Å². The molecule has 7 heteroatoms. The number of ether oxygens (including phenoxy) is 1. The van der Waals surface area contributed by atoms with Crippen molar-refractivity contribution in [2.75, 3.05) is 13.7 Å². The van der Waals surface area contributed by atoms with E-state index in [1.165, 1.54) is 13.2 Å². The summed E-state index contributed by atoms with van der Waals surface area (Å²) in [5.41, 5.74) is 1.98. The number of aromatic nitrogens is 2. The number of non-ortho nitro benzene ring substituents is 1. The second kappa shape index (κ2) is 6.85. The van der Waals surface area contributed by atoms with Gasteiger partial charge in [-0.25, -0.2) is 0 Å². The molecule has 0 fully saturated rings. The van der Waals surface area contributed by atoms with Crippen molar-refractivity contribution >= 4 is 5.69 Å². The highest BCUT2D eigenvalue weighted by Gasteiger charge is 2.09. The summed E-state index contributed by atoms with van der Waals surface area (Å²) < 4.78 is 6.94. The van der Waals surface area contributed by atoms with Gasteiger partial charge in [0, 0.05) is 25.4 Å². The van der Waals surface area contributed by atoms with Crippen molar-refractivity contribution in [3.8, 4) is 5.75 Å². The zero-order chi connectivity index (χ0) is 15.2. The second-order valence-electron chi connectivity index (χ2n) is 4.75. The maximum absolute atomic E-state index is 10.9. The third-order valence-electron chi connectivity index (χ3n) is 3.01. The monoisotopic (exact) mass is 290 g/mol. The Labute approximate surface area is 122 Å². The molecule has 1 aromatic carbocycles. The molecule has 1 aromatic heterocycles. The van der Waals surface area contributed by atoms with Gasteiger partial charge in [0.05, 0.1) is 30.8 Å². The molecule has 7 nitrogen and oxygen atoms in total. The van der Waals surface area contributed by atoms with Gasteiger partial charge in [0.25, 0.3) is 5.69 Å². The minimum Gasteiger partial charge on any atom is -0.496 e. The molecule has 0 atom stereocenters. The van der Waals surface area contributed by atoms with Gasteiger partial charge >= 0.3 is 0 Å². The van der Waals surface area contributed by atoms with Crippen molar-refractivity contribution in [3.63, 3.8) is 0 Å². The van der Waals surface area contributed by atoms with Crippen LogP contribution in [0.5, 0.6) is 5.75 Å². The SMILES string of the molecule is COc1cc(CNCCn2cc(C)cn2)cc([N+](=O)[O-])c1. The molecule has 21 heavy (non-hydrogen) atoms. The Morgan fingerprint density at radius 1 is 1.43 bits per heavy atom. The molecular weight excluding hydrogens is 272 g/mol. The van der Waals surface area contributed by atoms with Gasteiger partial charge in [-0.1, -0.05) is 0 Å². The summed E-state index contributed by atoms with van der Waals surface area (Å²) in [6.07, 6.45) is 3.78. The number of rotatable bonds is 7. The molecule has 0 bridgehead atoms. The summed E-state index contributed by atoms with van der Waals surface area (Å²) in [4.78, 5) is 10.4. The highest BCUT2D eigenvalue weighted by Crippen LogP contribution is 2.22. The largest absolute Gasteiger partial charge is 0.496 e. The molecule has 1 heterocycles. The number of hydrogen-bond acceptors (Lipinski definition) is 5. The molecule has 0 unspecified atom stereocenters. The van der Waals surface area contributed by atoms with E-state index in [1.807, 2.05) is 24.0 Å². The number of nitro benzene ring substituents is 1. The highest BCUT2D eigenvalue weighted by molar-refractivity contribution is 5.42. The minimum atomic E-state index is -0.418. The van der Waals surface area contributed by atoms with Crippen molar-refractivity contribution in [3.05, 3.63) is 51.8 Å². The lowest BCUT2D eigenvalue weighted by molar-refractivity contribution is -0.385. The van der Waals surface area contributed by atoms with Crippen molar-refractivity contribution < 1.29 is 9.66 Å². The topological polar surface area (TPSA) is 82.2 Å². The molecule has 112 valence electrons. The molecule has 0 aliphatic carbocycles. The summed E-state index contributed by atoms with van der Waals surface area (Å²) in [5, 5.41) is 18.3. The number of nitrogens with one attached hydrogen (secondary N) is 1. The Bertz CT molecular complexity index is 624. The second-order valence-corrected chi connectivity index (χ2v) is 4.75. The van der Waals surface area contributed by atoms with Crippen LogP contribution in [0.3, 0.4) is 0 Å². The van der Waals surface area contributed by atoms with E-state index in [0.717, 1.165) is 24.2 Å². The van der Waals surface area contributed by atoms with E-state index >= 15 is 0 Å². The first kappa shape index (κ1) is 15.0. The van der Waals surface area contributed by atoms with Crippen molar-refractivity contribution in [2.24, 2.45) is 0 Å². The Hall–Kier alpha value is -2.41. The molecule has 0 amide bonds. The van der Waals surface area contributed by atoms with Gasteiger partial charge in [0.2, 0.25) is 0 Å². The lowest BCUT2D eigenvalue weighted by Crippen LogP contribution is -2.19. The normalized spacial score (nSPS) is 10.6. The van der Waals surface area contributed by atoms with Gasteiger partial charge in [0.1, 0.15) is 5.75 Å². The van der Waals surface area contributed by atoms with Gasteiger partial charge < -0.3 is 10.1 Å². The predicted molar refractivity (Wildman–Crippen MR) is 78.3 cm³/mol. The third kappa shape index (κ3) is 4.28. The predicted octanol–water partition coefficient (Wildman–Crippen LogP) is 1.90. The number of hydrogen-bond donors (Lipinski definition) is 1. The van der Waals surface area contributed by atoms with Gasteiger partial charge in [-0.3, -0.25) is 14.8 Å². The average molecular weight is 290 g/mol. The van der Waals surface area contributed by atoms with Crippen molar-refractivity contribution in [2.45, 2.75) is 20.0 Å². The Balaban J connectivity index is 1.90. The zero-order valence-corrected chi connectivity index (χ0v) is 12.1. The molecule has 1 N–H and O–H groups in total. The summed E-state index contributed by atoms with van der Waals surface area (Å²) in [7, 11) is 1.50. The lowest BCUT2D eigenvalue weighted by atomic mass is 10.2. The quantitative estimate of drug-likeness (QED) is 0.478. The maximum Gasteiger partial charge on any atom is 0.273 e. The fraction of sp³-hybridized carbons (Fsp3) is 0.357. The molecule has 0 radical (unpaired) electrons. The van der Waals surface area contributed by atoms with Crippen LogP contribution in [0.2, 0.25) is 0 Å². The lowest BCUT2D eigenvalue weighted by Gasteiger charge is -2.07. The molecule has 0 saturated heterocycles. The van der Waals surface area contributed by atoms with Crippen LogP contribution in [0.15, 0.2) is 30.6 Å². The van der Waals surface area contributed by atoms with Crippen LogP contribution < -0.4 is 10.1 Å². The zero-order valence-electron chi connectivity index (χ0n) is 12.1. The average Bonchev–Trinajstić information content (AvgIpc) is 2.88. The number of nitrogens with zero attached hydrogens (tertiary/aromatic N) is 3. The number of aryl methyl sites for hydroxylation is 1. The van der Waals surface area contributed by atoms with E-state index in [4.69, 9.17) is 4.74 Å². The summed E-state index contributed by atoms with van der Waals surface area (Å²) in [6.45, 7) is 4.01. The Kier molecular flexibility index (Phi) is 4.89. The smallest absolute Gasteiger partial charge is 0.273 e. The van der Waals surface area contributed by atoms with Gasteiger partial charge in [0.15, 0.2) is 0 Å². The van der Waals surface area contributed by atoms with Crippen LogP contribution >= 0.6 is 0 Å². The molecule has 2 aromatic rings. The minimum absolute atomic E-state index is 0.0360. The summed E-state index contributed by atoms with van der Waals surface area (Å²) in [6, 6.07) is 4.75. The summed E-state index contributed by atoms with van der Waals surface area (Å²) in [5.74, 6) is 0.490. The van der Waals surface area contributed by atoms with Crippen LogP contribution in [0.1, 0.15) is 11.1 Å². The van der Waals surface area contributed by atoms with E-state index in [2.05, 4.69) is 10.4 Å². The van der Waals surface area contributed by atoms with E-state index < -0.39 is 4.92 Å². The van der Waals surface area contributed by atoms with E-state index in [9.17, 15) is 10.1 Å².